The van der Waals surface area contributed by atoms with Gasteiger partial charge in [-0.2, -0.15) is 5.10 Å². The molecule has 4 nitrogen and oxygen atoms in total. The molecule has 16 heavy (non-hydrogen) atoms. The number of hydrogen-bond acceptors (Lipinski definition) is 2. The molecule has 0 aliphatic rings. The lowest BCUT2D eigenvalue weighted by molar-refractivity contribution is -0.137. The molecule has 4 heteroatoms. The SMILES string of the molecule is Cc1nn(C(C)C)c(C)c1CCCC(=O)O. The molecule has 0 atom stereocenters. The number of aromatic nitrogens is 2. The number of aliphatic carboxylic acids is 1. The largest absolute Gasteiger partial charge is 0.481 e. The minimum absolute atomic E-state index is 0.228. The quantitative estimate of drug-likeness (QED) is 0.836. The highest BCUT2D eigenvalue weighted by Gasteiger charge is 2.13. The summed E-state index contributed by atoms with van der Waals surface area (Å²) in [5.41, 5.74) is 3.39. The van der Waals surface area contributed by atoms with Crippen molar-refractivity contribution in [2.24, 2.45) is 0 Å². The smallest absolute Gasteiger partial charge is 0.303 e. The van der Waals surface area contributed by atoms with Gasteiger partial charge in [0.2, 0.25) is 0 Å². The van der Waals surface area contributed by atoms with Gasteiger partial charge in [-0.25, -0.2) is 0 Å². The van der Waals surface area contributed by atoms with Crippen molar-refractivity contribution < 1.29 is 9.90 Å². The molecular formula is C12H20N2O2. The maximum Gasteiger partial charge on any atom is 0.303 e. The molecule has 90 valence electrons. The van der Waals surface area contributed by atoms with E-state index in [1.165, 1.54) is 5.56 Å². The predicted molar refractivity (Wildman–Crippen MR) is 62.7 cm³/mol. The summed E-state index contributed by atoms with van der Waals surface area (Å²) in [4.78, 5) is 10.5. The number of carbonyl (C=O) groups is 1. The van der Waals surface area contributed by atoms with Crippen molar-refractivity contribution >= 4 is 5.97 Å². The molecule has 0 saturated carbocycles. The van der Waals surface area contributed by atoms with Gasteiger partial charge in [0.1, 0.15) is 0 Å². The third-order valence-corrected chi connectivity index (χ3v) is 2.78. The molecule has 0 saturated heterocycles. The summed E-state index contributed by atoms with van der Waals surface area (Å²) in [6.07, 6.45) is 1.71. The van der Waals surface area contributed by atoms with Crippen LogP contribution in [0.3, 0.4) is 0 Å². The summed E-state index contributed by atoms with van der Waals surface area (Å²) in [7, 11) is 0. The van der Waals surface area contributed by atoms with E-state index in [-0.39, 0.29) is 6.42 Å². The van der Waals surface area contributed by atoms with E-state index >= 15 is 0 Å². The molecule has 1 N–H and O–H groups in total. The minimum atomic E-state index is -0.730. The van der Waals surface area contributed by atoms with Gasteiger partial charge in [-0.05, 0) is 46.1 Å². The highest BCUT2D eigenvalue weighted by molar-refractivity contribution is 5.66. The molecule has 1 aromatic heterocycles. The number of carboxylic acid groups (broad SMARTS) is 1. The Morgan fingerprint density at radius 3 is 2.50 bits per heavy atom. The predicted octanol–water partition coefficient (Wildman–Crippen LogP) is 2.49. The summed E-state index contributed by atoms with van der Waals surface area (Å²) in [5, 5.41) is 13.1. The van der Waals surface area contributed by atoms with Crippen LogP contribution < -0.4 is 0 Å². The molecular weight excluding hydrogens is 204 g/mol. The summed E-state index contributed by atoms with van der Waals surface area (Å²) in [5.74, 6) is -0.730. The van der Waals surface area contributed by atoms with Gasteiger partial charge < -0.3 is 5.11 Å². The maximum absolute atomic E-state index is 10.5. The van der Waals surface area contributed by atoms with Gasteiger partial charge in [0.05, 0.1) is 5.69 Å². The molecule has 1 heterocycles. The van der Waals surface area contributed by atoms with Gasteiger partial charge in [0.15, 0.2) is 0 Å². The zero-order valence-electron chi connectivity index (χ0n) is 10.4. The van der Waals surface area contributed by atoms with Crippen molar-refractivity contribution in [3.05, 3.63) is 17.0 Å². The Balaban J connectivity index is 2.76. The van der Waals surface area contributed by atoms with Crippen LogP contribution in [0.25, 0.3) is 0 Å². The van der Waals surface area contributed by atoms with E-state index in [4.69, 9.17) is 5.11 Å². The minimum Gasteiger partial charge on any atom is -0.481 e. The highest BCUT2D eigenvalue weighted by atomic mass is 16.4. The first-order valence-electron chi connectivity index (χ1n) is 5.69. The average Bonchev–Trinajstić information content (AvgIpc) is 2.44. The molecule has 0 amide bonds. The van der Waals surface area contributed by atoms with Crippen LogP contribution in [-0.4, -0.2) is 20.9 Å². The average molecular weight is 224 g/mol. The van der Waals surface area contributed by atoms with E-state index in [0.29, 0.717) is 12.5 Å². The molecule has 0 aromatic carbocycles. The molecule has 0 unspecified atom stereocenters. The lowest BCUT2D eigenvalue weighted by atomic mass is 10.1. The van der Waals surface area contributed by atoms with Crippen LogP contribution in [0.15, 0.2) is 0 Å². The van der Waals surface area contributed by atoms with Crippen LogP contribution in [-0.2, 0) is 11.2 Å². The number of hydrogen-bond donors (Lipinski definition) is 1. The summed E-state index contributed by atoms with van der Waals surface area (Å²) >= 11 is 0. The maximum atomic E-state index is 10.5. The van der Waals surface area contributed by atoms with E-state index in [1.54, 1.807) is 0 Å². The van der Waals surface area contributed by atoms with Crippen molar-refractivity contribution in [2.45, 2.75) is 53.0 Å². The zero-order chi connectivity index (χ0) is 12.3. The number of rotatable bonds is 5. The normalized spacial score (nSPS) is 11.1. The first kappa shape index (κ1) is 12.7. The van der Waals surface area contributed by atoms with Gasteiger partial charge >= 0.3 is 5.97 Å². The van der Waals surface area contributed by atoms with E-state index in [1.807, 2.05) is 11.6 Å². The fourth-order valence-corrected chi connectivity index (χ4v) is 1.98. The summed E-state index contributed by atoms with van der Waals surface area (Å²) < 4.78 is 2.01. The number of carboxylic acids is 1. The Morgan fingerprint density at radius 1 is 1.44 bits per heavy atom. The molecule has 1 rings (SSSR count). The first-order valence-corrected chi connectivity index (χ1v) is 5.69. The van der Waals surface area contributed by atoms with Crippen LogP contribution >= 0.6 is 0 Å². The standard InChI is InChI=1S/C12H20N2O2/c1-8(2)14-10(4)11(9(3)13-14)6-5-7-12(15)16/h8H,5-7H2,1-4H3,(H,15,16). The second-order valence-corrected chi connectivity index (χ2v) is 4.43. The third kappa shape index (κ3) is 2.84. The van der Waals surface area contributed by atoms with Crippen molar-refractivity contribution in [3.63, 3.8) is 0 Å². The van der Waals surface area contributed by atoms with Gasteiger partial charge in [0.25, 0.3) is 0 Å². The highest BCUT2D eigenvalue weighted by Crippen LogP contribution is 2.19. The molecule has 0 aliphatic heterocycles. The monoisotopic (exact) mass is 224 g/mol. The molecule has 0 aliphatic carbocycles. The Bertz CT molecular complexity index is 381. The van der Waals surface area contributed by atoms with Crippen LogP contribution in [0.1, 0.15) is 49.7 Å². The molecule has 0 radical (unpaired) electrons. The van der Waals surface area contributed by atoms with Gasteiger partial charge in [0, 0.05) is 18.2 Å². The second kappa shape index (κ2) is 5.14. The van der Waals surface area contributed by atoms with Gasteiger partial charge in [-0.3, -0.25) is 9.48 Å². The van der Waals surface area contributed by atoms with E-state index in [0.717, 1.165) is 17.8 Å². The Kier molecular flexibility index (Phi) is 4.10. The van der Waals surface area contributed by atoms with Crippen molar-refractivity contribution in [2.75, 3.05) is 0 Å². The van der Waals surface area contributed by atoms with Crippen LogP contribution in [0.5, 0.6) is 0 Å². The van der Waals surface area contributed by atoms with E-state index in [9.17, 15) is 4.79 Å². The number of nitrogens with zero attached hydrogens (tertiary/aromatic N) is 2. The van der Waals surface area contributed by atoms with Crippen molar-refractivity contribution in [1.82, 2.24) is 9.78 Å². The molecule has 0 fully saturated rings. The molecule has 1 aromatic rings. The zero-order valence-corrected chi connectivity index (χ0v) is 10.4. The van der Waals surface area contributed by atoms with Crippen LogP contribution in [0.4, 0.5) is 0 Å². The fraction of sp³-hybridized carbons (Fsp3) is 0.667. The first-order chi connectivity index (χ1) is 7.43. The number of aryl methyl sites for hydroxylation is 1. The van der Waals surface area contributed by atoms with Crippen LogP contribution in [0, 0.1) is 13.8 Å². The summed E-state index contributed by atoms with van der Waals surface area (Å²) in [6.45, 7) is 8.24. The Labute approximate surface area is 96.3 Å². The van der Waals surface area contributed by atoms with E-state index in [2.05, 4.69) is 25.9 Å². The lowest BCUT2D eigenvalue weighted by Crippen LogP contribution is -2.05. The summed E-state index contributed by atoms with van der Waals surface area (Å²) in [6, 6.07) is 0.354. The van der Waals surface area contributed by atoms with Gasteiger partial charge in [-0.15, -0.1) is 0 Å². The third-order valence-electron chi connectivity index (χ3n) is 2.78. The molecule has 0 spiro atoms. The van der Waals surface area contributed by atoms with Gasteiger partial charge in [-0.1, -0.05) is 0 Å². The van der Waals surface area contributed by atoms with Crippen LogP contribution in [0.2, 0.25) is 0 Å². The topological polar surface area (TPSA) is 55.1 Å². The molecule has 0 bridgehead atoms. The fourth-order valence-electron chi connectivity index (χ4n) is 1.98. The van der Waals surface area contributed by atoms with Crippen molar-refractivity contribution in [1.29, 1.82) is 0 Å². The Morgan fingerprint density at radius 2 is 2.06 bits per heavy atom. The van der Waals surface area contributed by atoms with Crippen molar-refractivity contribution in [3.8, 4) is 0 Å². The second-order valence-electron chi connectivity index (χ2n) is 4.43. The lowest BCUT2D eigenvalue weighted by Gasteiger charge is -2.08. The van der Waals surface area contributed by atoms with E-state index < -0.39 is 5.97 Å². The Hall–Kier alpha value is -1.32.